The third-order valence-corrected chi connectivity index (χ3v) is 8.38. The first-order chi connectivity index (χ1) is 19.0. The zero-order valence-corrected chi connectivity index (χ0v) is 24.6. The quantitative estimate of drug-likeness (QED) is 0.354. The molecule has 1 atom stereocenters. The molecule has 9 nitrogen and oxygen atoms in total. The molecular formula is C30H37N3O6S. The molecule has 3 aromatic rings. The smallest absolute Gasteiger partial charge is 0.264 e. The second-order valence-corrected chi connectivity index (χ2v) is 11.3. The van der Waals surface area contributed by atoms with Crippen LogP contribution in [0.4, 0.5) is 5.69 Å². The molecule has 0 aromatic heterocycles. The minimum atomic E-state index is -4.25. The van der Waals surface area contributed by atoms with Crippen LogP contribution in [-0.4, -0.2) is 59.0 Å². The Morgan fingerprint density at radius 2 is 1.62 bits per heavy atom. The Kier molecular flexibility index (Phi) is 10.2. The van der Waals surface area contributed by atoms with Gasteiger partial charge in [0, 0.05) is 19.7 Å². The van der Waals surface area contributed by atoms with Crippen LogP contribution in [0, 0.1) is 13.8 Å². The summed E-state index contributed by atoms with van der Waals surface area (Å²) >= 11 is 0. The average molecular weight is 568 g/mol. The minimum Gasteiger partial charge on any atom is -0.497 e. The van der Waals surface area contributed by atoms with Gasteiger partial charge in [-0.15, -0.1) is 0 Å². The van der Waals surface area contributed by atoms with Gasteiger partial charge in [-0.2, -0.15) is 0 Å². The predicted molar refractivity (Wildman–Crippen MR) is 155 cm³/mol. The van der Waals surface area contributed by atoms with E-state index in [0.717, 1.165) is 21.0 Å². The summed E-state index contributed by atoms with van der Waals surface area (Å²) in [5.41, 5.74) is 2.85. The highest BCUT2D eigenvalue weighted by Gasteiger charge is 2.34. The third kappa shape index (κ3) is 6.93. The molecule has 0 spiro atoms. The Morgan fingerprint density at radius 1 is 0.925 bits per heavy atom. The highest BCUT2D eigenvalue weighted by atomic mass is 32.2. The Hall–Kier alpha value is -4.05. The first-order valence-electron chi connectivity index (χ1n) is 12.9. The molecule has 0 aliphatic heterocycles. The van der Waals surface area contributed by atoms with E-state index in [1.807, 2.05) is 45.0 Å². The summed E-state index contributed by atoms with van der Waals surface area (Å²) in [5.74, 6) is -0.249. The van der Waals surface area contributed by atoms with Crippen LogP contribution in [0.2, 0.25) is 0 Å². The maximum atomic E-state index is 14.1. The molecule has 3 rings (SSSR count). The zero-order valence-electron chi connectivity index (χ0n) is 23.8. The number of benzene rings is 3. The van der Waals surface area contributed by atoms with Gasteiger partial charge in [-0.3, -0.25) is 13.9 Å². The van der Waals surface area contributed by atoms with Crippen LogP contribution in [0.25, 0.3) is 0 Å². The lowest BCUT2D eigenvalue weighted by Gasteiger charge is -2.33. The van der Waals surface area contributed by atoms with Crippen molar-refractivity contribution in [2.75, 3.05) is 32.1 Å². The number of amides is 2. The first kappa shape index (κ1) is 30.5. The van der Waals surface area contributed by atoms with Gasteiger partial charge in [-0.1, -0.05) is 54.4 Å². The lowest BCUT2D eigenvalue weighted by molar-refractivity contribution is -0.140. The SMILES string of the molecule is CC[C@H](C(=O)NC)N(Cc1cccc(C)c1)C(=O)CN(c1cc(OC)ccc1OC)S(=O)(=O)c1ccc(C)cc1. The maximum Gasteiger partial charge on any atom is 0.264 e. The van der Waals surface area contributed by atoms with E-state index in [1.165, 1.54) is 44.4 Å². The van der Waals surface area contributed by atoms with Gasteiger partial charge in [0.2, 0.25) is 11.8 Å². The van der Waals surface area contributed by atoms with Gasteiger partial charge >= 0.3 is 0 Å². The molecule has 40 heavy (non-hydrogen) atoms. The van der Waals surface area contributed by atoms with Crippen molar-refractivity contribution in [2.45, 2.75) is 44.7 Å². The summed E-state index contributed by atoms with van der Waals surface area (Å²) in [7, 11) is 0.154. The highest BCUT2D eigenvalue weighted by Crippen LogP contribution is 2.36. The molecule has 0 unspecified atom stereocenters. The third-order valence-electron chi connectivity index (χ3n) is 6.61. The predicted octanol–water partition coefficient (Wildman–Crippen LogP) is 4.07. The number of aryl methyl sites for hydroxylation is 2. The van der Waals surface area contributed by atoms with Crippen LogP contribution in [0.15, 0.2) is 71.6 Å². The monoisotopic (exact) mass is 567 g/mol. The van der Waals surface area contributed by atoms with E-state index in [-0.39, 0.29) is 28.8 Å². The molecule has 0 aliphatic carbocycles. The van der Waals surface area contributed by atoms with Gasteiger partial charge in [-0.05, 0) is 50.1 Å². The lowest BCUT2D eigenvalue weighted by Crippen LogP contribution is -2.51. The molecule has 0 bridgehead atoms. The van der Waals surface area contributed by atoms with Gasteiger partial charge in [-0.25, -0.2) is 8.42 Å². The van der Waals surface area contributed by atoms with Crippen molar-refractivity contribution in [2.24, 2.45) is 0 Å². The summed E-state index contributed by atoms with van der Waals surface area (Å²) in [6.45, 7) is 5.16. The molecule has 3 aromatic carbocycles. The fraction of sp³-hybridized carbons (Fsp3) is 0.333. The fourth-order valence-electron chi connectivity index (χ4n) is 4.44. The molecule has 2 amide bonds. The molecule has 0 saturated carbocycles. The normalized spacial score (nSPS) is 11.8. The van der Waals surface area contributed by atoms with E-state index in [2.05, 4.69) is 5.32 Å². The molecule has 1 N–H and O–H groups in total. The molecule has 0 heterocycles. The van der Waals surface area contributed by atoms with Crippen LogP contribution in [-0.2, 0) is 26.2 Å². The zero-order chi connectivity index (χ0) is 29.4. The topological polar surface area (TPSA) is 105 Å². The van der Waals surface area contributed by atoms with Crippen LogP contribution in [0.1, 0.15) is 30.0 Å². The van der Waals surface area contributed by atoms with Crippen molar-refractivity contribution in [1.82, 2.24) is 10.2 Å². The lowest BCUT2D eigenvalue weighted by atomic mass is 10.1. The molecule has 0 aliphatic rings. The average Bonchev–Trinajstić information content (AvgIpc) is 2.95. The van der Waals surface area contributed by atoms with Crippen molar-refractivity contribution in [1.29, 1.82) is 0 Å². The number of nitrogens with zero attached hydrogens (tertiary/aromatic N) is 2. The number of carbonyl (C=O) groups excluding carboxylic acids is 2. The second kappa shape index (κ2) is 13.3. The second-order valence-electron chi connectivity index (χ2n) is 9.41. The van der Waals surface area contributed by atoms with Crippen molar-refractivity contribution in [3.05, 3.63) is 83.4 Å². The van der Waals surface area contributed by atoms with Crippen LogP contribution in [0.3, 0.4) is 0 Å². The summed E-state index contributed by atoms with van der Waals surface area (Å²) in [6, 6.07) is 17.9. The summed E-state index contributed by atoms with van der Waals surface area (Å²) < 4.78 is 40.0. The number of carbonyl (C=O) groups is 2. The van der Waals surface area contributed by atoms with Gasteiger partial charge < -0.3 is 19.7 Å². The van der Waals surface area contributed by atoms with Gasteiger partial charge in [0.15, 0.2) is 0 Å². The Bertz CT molecular complexity index is 1440. The summed E-state index contributed by atoms with van der Waals surface area (Å²) in [4.78, 5) is 28.4. The number of rotatable bonds is 12. The number of nitrogens with one attached hydrogen (secondary N) is 1. The number of anilines is 1. The number of hydrogen-bond donors (Lipinski definition) is 1. The van der Waals surface area contributed by atoms with E-state index in [0.29, 0.717) is 12.2 Å². The van der Waals surface area contributed by atoms with Crippen molar-refractivity contribution >= 4 is 27.5 Å². The van der Waals surface area contributed by atoms with Gasteiger partial charge in [0.05, 0.1) is 24.8 Å². The molecule has 10 heteroatoms. The number of likely N-dealkylation sites (N-methyl/N-ethyl adjacent to an activating group) is 1. The maximum absolute atomic E-state index is 14.1. The van der Waals surface area contributed by atoms with Crippen LogP contribution < -0.4 is 19.1 Å². The largest absolute Gasteiger partial charge is 0.497 e. The van der Waals surface area contributed by atoms with Crippen LogP contribution >= 0.6 is 0 Å². The number of methoxy groups -OCH3 is 2. The first-order valence-corrected chi connectivity index (χ1v) is 14.4. The highest BCUT2D eigenvalue weighted by molar-refractivity contribution is 7.92. The van der Waals surface area contributed by atoms with E-state index in [1.54, 1.807) is 24.3 Å². The van der Waals surface area contributed by atoms with Crippen LogP contribution in [0.5, 0.6) is 11.5 Å². The summed E-state index contributed by atoms with van der Waals surface area (Å²) in [5, 5.41) is 2.63. The Balaban J connectivity index is 2.15. The van der Waals surface area contributed by atoms with E-state index in [9.17, 15) is 18.0 Å². The van der Waals surface area contributed by atoms with E-state index in [4.69, 9.17) is 9.47 Å². The van der Waals surface area contributed by atoms with E-state index >= 15 is 0 Å². The van der Waals surface area contributed by atoms with Gasteiger partial charge in [0.25, 0.3) is 10.0 Å². The molecule has 0 radical (unpaired) electrons. The van der Waals surface area contributed by atoms with Crippen molar-refractivity contribution in [3.63, 3.8) is 0 Å². The molecule has 214 valence electrons. The number of hydrogen-bond acceptors (Lipinski definition) is 6. The summed E-state index contributed by atoms with van der Waals surface area (Å²) in [6.07, 6.45) is 0.338. The van der Waals surface area contributed by atoms with Gasteiger partial charge in [0.1, 0.15) is 24.1 Å². The van der Waals surface area contributed by atoms with E-state index < -0.39 is 28.5 Å². The molecular weight excluding hydrogens is 530 g/mol. The van der Waals surface area contributed by atoms with Crippen molar-refractivity contribution in [3.8, 4) is 11.5 Å². The Morgan fingerprint density at radius 3 is 2.20 bits per heavy atom. The minimum absolute atomic E-state index is 0.0133. The Labute approximate surface area is 236 Å². The standard InChI is InChI=1S/C30H37N3O6S/c1-7-26(30(35)31-4)32(19-23-10-8-9-22(3)17-23)29(34)20-33(27-18-24(38-5)13-16-28(27)39-6)40(36,37)25-14-11-21(2)12-15-25/h8-18,26H,7,19-20H2,1-6H3,(H,31,35)/t26-/m1/s1. The molecule has 0 saturated heterocycles. The molecule has 0 fully saturated rings. The number of ether oxygens (including phenoxy) is 2. The van der Waals surface area contributed by atoms with Crippen molar-refractivity contribution < 1.29 is 27.5 Å². The number of sulfonamides is 1. The fourth-order valence-corrected chi connectivity index (χ4v) is 5.85.